The zero-order valence-electron chi connectivity index (χ0n) is 13.4. The number of non-ortho nitro benzene ring substituents is 1. The molecule has 0 radical (unpaired) electrons. The number of phenolic OH excluding ortho intramolecular Hbond substituents is 1. The van der Waals surface area contributed by atoms with Gasteiger partial charge in [-0.3, -0.25) is 30.3 Å². The van der Waals surface area contributed by atoms with Gasteiger partial charge in [-0.1, -0.05) is 20.8 Å². The number of nitro groups is 3. The minimum absolute atomic E-state index is 0.447. The van der Waals surface area contributed by atoms with Crippen molar-refractivity contribution in [2.24, 2.45) is 11.3 Å². The lowest BCUT2D eigenvalue weighted by Crippen LogP contribution is -2.19. The van der Waals surface area contributed by atoms with Crippen LogP contribution in [0.4, 0.5) is 17.1 Å². The van der Waals surface area contributed by atoms with E-state index in [1.165, 1.54) is 13.1 Å². The molecule has 1 saturated heterocycles. The van der Waals surface area contributed by atoms with Crippen LogP contribution in [0.2, 0.25) is 0 Å². The van der Waals surface area contributed by atoms with E-state index < -0.39 is 37.6 Å². The van der Waals surface area contributed by atoms with E-state index in [2.05, 4.69) is 26.1 Å². The molecular formula is C13H18N4O7. The van der Waals surface area contributed by atoms with Crippen LogP contribution in [0, 0.1) is 41.7 Å². The molecule has 2 rings (SSSR count). The Morgan fingerprint density at radius 3 is 1.75 bits per heavy atom. The van der Waals surface area contributed by atoms with Gasteiger partial charge in [-0.05, 0) is 17.9 Å². The average Bonchev–Trinajstić information content (AvgIpc) is 2.76. The first-order valence-corrected chi connectivity index (χ1v) is 6.98. The SMILES string of the molecule is CC1CNCC1(C)C.O=[N+]([O-])c1cc([N+](=O)[O-])c(O)c([N+](=O)[O-])c1. The maximum atomic E-state index is 10.4. The third-order valence-corrected chi connectivity index (χ3v) is 4.02. The van der Waals surface area contributed by atoms with Crippen molar-refractivity contribution in [2.45, 2.75) is 20.8 Å². The summed E-state index contributed by atoms with van der Waals surface area (Å²) in [6, 6.07) is 0.894. The van der Waals surface area contributed by atoms with Gasteiger partial charge in [-0.2, -0.15) is 0 Å². The van der Waals surface area contributed by atoms with E-state index in [-0.39, 0.29) is 0 Å². The number of hydrogen-bond acceptors (Lipinski definition) is 8. The third kappa shape index (κ3) is 4.35. The monoisotopic (exact) mass is 342 g/mol. The molecule has 1 unspecified atom stereocenters. The summed E-state index contributed by atoms with van der Waals surface area (Å²) in [6.45, 7) is 9.33. The maximum Gasteiger partial charge on any atom is 0.324 e. The van der Waals surface area contributed by atoms with Crippen LogP contribution in [0.25, 0.3) is 0 Å². The van der Waals surface area contributed by atoms with Gasteiger partial charge in [-0.15, -0.1) is 0 Å². The lowest BCUT2D eigenvalue weighted by molar-refractivity contribution is -0.404. The third-order valence-electron chi connectivity index (χ3n) is 4.02. The number of hydrogen-bond donors (Lipinski definition) is 2. The van der Waals surface area contributed by atoms with Crippen LogP contribution in [0.1, 0.15) is 20.8 Å². The van der Waals surface area contributed by atoms with E-state index in [0.717, 1.165) is 5.92 Å². The summed E-state index contributed by atoms with van der Waals surface area (Å²) in [5.74, 6) is -0.358. The highest BCUT2D eigenvalue weighted by molar-refractivity contribution is 5.64. The molecule has 11 heteroatoms. The van der Waals surface area contributed by atoms with Gasteiger partial charge in [0.05, 0.1) is 26.9 Å². The van der Waals surface area contributed by atoms with Crippen molar-refractivity contribution >= 4 is 17.1 Å². The topological polar surface area (TPSA) is 162 Å². The Bertz CT molecular complexity index is 639. The van der Waals surface area contributed by atoms with E-state index in [9.17, 15) is 30.3 Å². The predicted octanol–water partition coefficient (Wildman–Crippen LogP) is 2.37. The largest absolute Gasteiger partial charge is 0.497 e. The first-order valence-electron chi connectivity index (χ1n) is 6.98. The van der Waals surface area contributed by atoms with E-state index in [1.54, 1.807) is 0 Å². The summed E-state index contributed by atoms with van der Waals surface area (Å²) < 4.78 is 0. The second kappa shape index (κ2) is 7.17. The summed E-state index contributed by atoms with van der Waals surface area (Å²) in [6.07, 6.45) is 0. The Labute approximate surface area is 136 Å². The fourth-order valence-corrected chi connectivity index (χ4v) is 2.03. The summed E-state index contributed by atoms with van der Waals surface area (Å²) in [5.41, 5.74) is -2.46. The highest BCUT2D eigenvalue weighted by Gasteiger charge is 2.30. The van der Waals surface area contributed by atoms with Gasteiger partial charge in [0.15, 0.2) is 0 Å². The predicted molar refractivity (Wildman–Crippen MR) is 83.9 cm³/mol. The fraction of sp³-hybridized carbons (Fsp3) is 0.538. The number of nitrogens with one attached hydrogen (secondary N) is 1. The number of rotatable bonds is 3. The Hall–Kier alpha value is -2.82. The molecule has 1 aliphatic rings. The lowest BCUT2D eigenvalue weighted by Gasteiger charge is -2.21. The molecule has 132 valence electrons. The molecule has 0 bridgehead atoms. The zero-order valence-corrected chi connectivity index (χ0v) is 13.4. The number of nitro benzene ring substituents is 3. The van der Waals surface area contributed by atoms with E-state index >= 15 is 0 Å². The van der Waals surface area contributed by atoms with Crippen LogP contribution in [-0.4, -0.2) is 33.0 Å². The van der Waals surface area contributed by atoms with Gasteiger partial charge in [0.1, 0.15) is 0 Å². The molecule has 0 aliphatic carbocycles. The number of phenols is 1. The molecule has 0 saturated carbocycles. The van der Waals surface area contributed by atoms with Gasteiger partial charge < -0.3 is 10.4 Å². The number of aromatic hydroxyl groups is 1. The molecule has 1 fully saturated rings. The van der Waals surface area contributed by atoms with E-state index in [4.69, 9.17) is 5.11 Å². The fourth-order valence-electron chi connectivity index (χ4n) is 2.03. The Balaban J connectivity index is 0.000000300. The van der Waals surface area contributed by atoms with Crippen molar-refractivity contribution in [3.8, 4) is 5.75 Å². The number of benzene rings is 1. The van der Waals surface area contributed by atoms with E-state index in [1.807, 2.05) is 0 Å². The van der Waals surface area contributed by atoms with Crippen molar-refractivity contribution in [3.05, 3.63) is 42.5 Å². The molecule has 1 atom stereocenters. The van der Waals surface area contributed by atoms with E-state index in [0.29, 0.717) is 17.5 Å². The van der Waals surface area contributed by atoms with Crippen LogP contribution in [0.3, 0.4) is 0 Å². The molecule has 1 aliphatic heterocycles. The normalized spacial score (nSPS) is 18.4. The molecule has 1 aromatic rings. The molecule has 0 aromatic heterocycles. The average molecular weight is 342 g/mol. The minimum Gasteiger partial charge on any atom is -0.497 e. The second-order valence-electron chi connectivity index (χ2n) is 6.12. The molecule has 2 N–H and O–H groups in total. The Morgan fingerprint density at radius 2 is 1.54 bits per heavy atom. The standard InChI is InChI=1S/C7H15N.C6H3N3O7/c1-6-4-8-5-7(6,2)3;10-6-4(8(13)14)1-3(7(11)12)2-5(6)9(15)16/h6,8H,4-5H2,1-3H3;1-2,10H. The molecule has 1 heterocycles. The van der Waals surface area contributed by atoms with Gasteiger partial charge in [0, 0.05) is 6.54 Å². The van der Waals surface area contributed by atoms with Gasteiger partial charge in [0.2, 0.25) is 0 Å². The molecule has 24 heavy (non-hydrogen) atoms. The van der Waals surface area contributed by atoms with Crippen LogP contribution < -0.4 is 5.32 Å². The molecular weight excluding hydrogens is 324 g/mol. The molecule has 0 spiro atoms. The summed E-state index contributed by atoms with van der Waals surface area (Å²) >= 11 is 0. The first-order chi connectivity index (χ1) is 11.0. The molecule has 11 nitrogen and oxygen atoms in total. The van der Waals surface area contributed by atoms with Crippen molar-refractivity contribution in [2.75, 3.05) is 13.1 Å². The van der Waals surface area contributed by atoms with Crippen LogP contribution >= 0.6 is 0 Å². The van der Waals surface area contributed by atoms with Gasteiger partial charge in [0.25, 0.3) is 11.4 Å². The summed E-state index contributed by atoms with van der Waals surface area (Å²) in [4.78, 5) is 27.8. The number of nitrogens with zero attached hydrogens (tertiary/aromatic N) is 3. The van der Waals surface area contributed by atoms with Crippen LogP contribution in [-0.2, 0) is 0 Å². The maximum absolute atomic E-state index is 10.4. The summed E-state index contributed by atoms with van der Waals surface area (Å²) in [5, 5.41) is 43.6. The van der Waals surface area contributed by atoms with Crippen molar-refractivity contribution in [3.63, 3.8) is 0 Å². The molecule has 1 aromatic carbocycles. The molecule has 0 amide bonds. The first kappa shape index (κ1) is 19.2. The van der Waals surface area contributed by atoms with Crippen molar-refractivity contribution in [1.82, 2.24) is 5.32 Å². The van der Waals surface area contributed by atoms with Crippen LogP contribution in [0.15, 0.2) is 12.1 Å². The van der Waals surface area contributed by atoms with Gasteiger partial charge in [-0.25, -0.2) is 0 Å². The zero-order chi connectivity index (χ0) is 18.7. The van der Waals surface area contributed by atoms with Crippen molar-refractivity contribution < 1.29 is 19.9 Å². The highest BCUT2D eigenvalue weighted by Crippen LogP contribution is 2.38. The van der Waals surface area contributed by atoms with Gasteiger partial charge >= 0.3 is 11.4 Å². The Kier molecular flexibility index (Phi) is 5.74. The van der Waals surface area contributed by atoms with Crippen LogP contribution in [0.5, 0.6) is 5.75 Å². The lowest BCUT2D eigenvalue weighted by atomic mass is 9.84. The smallest absolute Gasteiger partial charge is 0.324 e. The summed E-state index contributed by atoms with van der Waals surface area (Å²) in [7, 11) is 0. The van der Waals surface area contributed by atoms with Crippen molar-refractivity contribution in [1.29, 1.82) is 0 Å². The Morgan fingerprint density at radius 1 is 1.08 bits per heavy atom. The highest BCUT2D eigenvalue weighted by atomic mass is 16.6. The minimum atomic E-state index is -1.21. The quantitative estimate of drug-likeness (QED) is 0.624. The second-order valence-corrected chi connectivity index (χ2v) is 6.12.